The summed E-state index contributed by atoms with van der Waals surface area (Å²) in [6.45, 7) is 0.582. The van der Waals surface area contributed by atoms with E-state index in [1.54, 1.807) is 0 Å². The molecule has 0 saturated heterocycles. The Bertz CT molecular complexity index is 870. The third-order valence-electron chi connectivity index (χ3n) is 4.72. The van der Waals surface area contributed by atoms with Crippen LogP contribution < -0.4 is 10.6 Å². The van der Waals surface area contributed by atoms with Gasteiger partial charge in [-0.25, -0.2) is 4.79 Å². The second-order valence-electron chi connectivity index (χ2n) is 6.42. The molecule has 1 aliphatic rings. The quantitative estimate of drug-likeness (QED) is 0.751. The number of urea groups is 1. The van der Waals surface area contributed by atoms with E-state index in [0.29, 0.717) is 23.8 Å². The zero-order valence-electron chi connectivity index (χ0n) is 14.0. The lowest BCUT2D eigenvalue weighted by atomic mass is 9.85. The fourth-order valence-electron chi connectivity index (χ4n) is 3.11. The molecule has 3 aromatic rings. The summed E-state index contributed by atoms with van der Waals surface area (Å²) in [5.74, 6) is 1.49. The highest BCUT2D eigenvalue weighted by molar-refractivity contribution is 5.93. The fraction of sp³-hybridized carbons (Fsp3) is 0.316. The molecule has 4 rings (SSSR count). The minimum Gasteiger partial charge on any atom is -0.338 e. The molecule has 1 aromatic carbocycles. The van der Waals surface area contributed by atoms with E-state index >= 15 is 0 Å². The van der Waals surface area contributed by atoms with E-state index in [2.05, 4.69) is 33.0 Å². The number of hydrogen-bond acceptors (Lipinski definition) is 3. The van der Waals surface area contributed by atoms with E-state index in [9.17, 15) is 4.79 Å². The molecule has 0 aliphatic heterocycles. The molecule has 2 amide bonds. The average Bonchev–Trinajstić information content (AvgIpc) is 2.99. The summed E-state index contributed by atoms with van der Waals surface area (Å²) in [4.78, 5) is 12.2. The largest absolute Gasteiger partial charge is 0.338 e. The maximum Gasteiger partial charge on any atom is 0.319 e. The predicted molar refractivity (Wildman–Crippen MR) is 96.7 cm³/mol. The summed E-state index contributed by atoms with van der Waals surface area (Å²) in [7, 11) is 0. The number of rotatable bonds is 5. The van der Waals surface area contributed by atoms with Crippen LogP contribution in [0.15, 0.2) is 48.7 Å². The van der Waals surface area contributed by atoms with Crippen LogP contribution in [0.25, 0.3) is 5.65 Å². The van der Waals surface area contributed by atoms with E-state index in [4.69, 9.17) is 0 Å². The van der Waals surface area contributed by atoms with Crippen molar-refractivity contribution in [3.8, 4) is 0 Å². The lowest BCUT2D eigenvalue weighted by Gasteiger charge is -2.23. The van der Waals surface area contributed by atoms with Crippen LogP contribution in [0.1, 0.15) is 36.6 Å². The zero-order chi connectivity index (χ0) is 17.1. The first-order chi connectivity index (χ1) is 12.3. The molecular formula is C19H21N5O. The Kier molecular flexibility index (Phi) is 4.33. The van der Waals surface area contributed by atoms with E-state index in [0.717, 1.165) is 12.2 Å². The van der Waals surface area contributed by atoms with Gasteiger partial charge in [0.1, 0.15) is 5.82 Å². The number of carbonyl (C=O) groups is 1. The lowest BCUT2D eigenvalue weighted by molar-refractivity contribution is 0.252. The summed E-state index contributed by atoms with van der Waals surface area (Å²) < 4.78 is 1.99. The molecule has 25 heavy (non-hydrogen) atoms. The summed E-state index contributed by atoms with van der Waals surface area (Å²) in [6.07, 6.45) is 6.34. The number of hydrogen-bond donors (Lipinski definition) is 2. The first-order valence-electron chi connectivity index (χ1n) is 8.74. The number of benzene rings is 1. The Morgan fingerprint density at radius 2 is 1.96 bits per heavy atom. The lowest BCUT2D eigenvalue weighted by Crippen LogP contribution is -2.30. The third kappa shape index (κ3) is 3.33. The van der Waals surface area contributed by atoms with Gasteiger partial charge in [-0.1, -0.05) is 36.8 Å². The van der Waals surface area contributed by atoms with Crippen molar-refractivity contribution in [2.24, 2.45) is 0 Å². The maximum atomic E-state index is 12.2. The SMILES string of the molecule is O=C(NCCc1ccccc1)Nc1cccn2c(C3CCC3)nnc12. The van der Waals surface area contributed by atoms with Crippen molar-refractivity contribution in [2.75, 3.05) is 11.9 Å². The van der Waals surface area contributed by atoms with Crippen LogP contribution in [0.2, 0.25) is 0 Å². The average molecular weight is 335 g/mol. The van der Waals surface area contributed by atoms with E-state index in [1.807, 2.05) is 40.9 Å². The number of nitrogens with zero attached hydrogens (tertiary/aromatic N) is 3. The highest BCUT2D eigenvalue weighted by Crippen LogP contribution is 2.35. The predicted octanol–water partition coefficient (Wildman–Crippen LogP) is 3.36. The molecule has 2 aromatic heterocycles. The normalized spacial score (nSPS) is 14.2. The molecule has 0 bridgehead atoms. The molecule has 0 atom stereocenters. The highest BCUT2D eigenvalue weighted by atomic mass is 16.2. The molecule has 0 radical (unpaired) electrons. The van der Waals surface area contributed by atoms with Crippen LogP contribution in [0.3, 0.4) is 0 Å². The summed E-state index contributed by atoms with van der Waals surface area (Å²) in [5.41, 5.74) is 2.58. The first-order valence-corrected chi connectivity index (χ1v) is 8.74. The molecule has 0 spiro atoms. The Labute approximate surface area is 146 Å². The van der Waals surface area contributed by atoms with Gasteiger partial charge in [-0.3, -0.25) is 4.40 Å². The minimum absolute atomic E-state index is 0.225. The smallest absolute Gasteiger partial charge is 0.319 e. The van der Waals surface area contributed by atoms with Crippen molar-refractivity contribution < 1.29 is 4.79 Å². The second-order valence-corrected chi connectivity index (χ2v) is 6.42. The number of pyridine rings is 1. The van der Waals surface area contributed by atoms with Crippen LogP contribution in [0.5, 0.6) is 0 Å². The standard InChI is InChI=1S/C19H21N5O/c25-19(20-12-11-14-6-2-1-3-7-14)21-16-10-5-13-24-17(15-8-4-9-15)22-23-18(16)24/h1-3,5-7,10,13,15H,4,8-9,11-12H2,(H2,20,21,25). The number of aromatic nitrogens is 3. The molecule has 6 nitrogen and oxygen atoms in total. The van der Waals surface area contributed by atoms with Crippen molar-refractivity contribution >= 4 is 17.4 Å². The van der Waals surface area contributed by atoms with E-state index < -0.39 is 0 Å². The molecule has 0 unspecified atom stereocenters. The van der Waals surface area contributed by atoms with Gasteiger partial charge in [0, 0.05) is 18.7 Å². The van der Waals surface area contributed by atoms with Crippen molar-refractivity contribution in [1.82, 2.24) is 19.9 Å². The van der Waals surface area contributed by atoms with Gasteiger partial charge in [0.05, 0.1) is 5.69 Å². The number of carbonyl (C=O) groups excluding carboxylic acids is 1. The minimum atomic E-state index is -0.225. The van der Waals surface area contributed by atoms with Crippen molar-refractivity contribution in [1.29, 1.82) is 0 Å². The van der Waals surface area contributed by atoms with Gasteiger partial charge >= 0.3 is 6.03 Å². The van der Waals surface area contributed by atoms with Crippen LogP contribution in [-0.4, -0.2) is 27.2 Å². The van der Waals surface area contributed by atoms with Gasteiger partial charge in [-0.2, -0.15) is 0 Å². The maximum absolute atomic E-state index is 12.2. The topological polar surface area (TPSA) is 71.3 Å². The Morgan fingerprint density at radius 3 is 2.72 bits per heavy atom. The van der Waals surface area contributed by atoms with Gasteiger partial charge in [0.25, 0.3) is 0 Å². The molecule has 128 valence electrons. The molecule has 1 aliphatic carbocycles. The molecule has 6 heteroatoms. The summed E-state index contributed by atoms with van der Waals surface area (Å²) >= 11 is 0. The van der Waals surface area contributed by atoms with Crippen LogP contribution in [0.4, 0.5) is 10.5 Å². The number of amides is 2. The molecule has 2 heterocycles. The molecular weight excluding hydrogens is 314 g/mol. The van der Waals surface area contributed by atoms with Gasteiger partial charge in [-0.05, 0) is 37.0 Å². The number of anilines is 1. The monoisotopic (exact) mass is 335 g/mol. The van der Waals surface area contributed by atoms with Gasteiger partial charge in [0.2, 0.25) is 0 Å². The van der Waals surface area contributed by atoms with Gasteiger partial charge < -0.3 is 10.6 Å². The van der Waals surface area contributed by atoms with Crippen LogP contribution >= 0.6 is 0 Å². The number of nitrogens with one attached hydrogen (secondary N) is 2. The zero-order valence-corrected chi connectivity index (χ0v) is 14.0. The first kappa shape index (κ1) is 15.6. The van der Waals surface area contributed by atoms with E-state index in [-0.39, 0.29) is 6.03 Å². The van der Waals surface area contributed by atoms with Gasteiger partial charge in [-0.15, -0.1) is 10.2 Å². The number of fused-ring (bicyclic) bond motifs is 1. The fourth-order valence-corrected chi connectivity index (χ4v) is 3.11. The highest BCUT2D eigenvalue weighted by Gasteiger charge is 2.25. The Morgan fingerprint density at radius 1 is 1.12 bits per heavy atom. The third-order valence-corrected chi connectivity index (χ3v) is 4.72. The van der Waals surface area contributed by atoms with Crippen molar-refractivity contribution in [3.05, 3.63) is 60.0 Å². The summed E-state index contributed by atoms with van der Waals surface area (Å²) in [6, 6.07) is 13.6. The Hall–Kier alpha value is -2.89. The molecule has 1 fully saturated rings. The van der Waals surface area contributed by atoms with E-state index in [1.165, 1.54) is 24.8 Å². The van der Waals surface area contributed by atoms with Crippen LogP contribution in [-0.2, 0) is 6.42 Å². The van der Waals surface area contributed by atoms with Gasteiger partial charge in [0.15, 0.2) is 5.65 Å². The molecule has 1 saturated carbocycles. The Balaban J connectivity index is 1.40. The molecule has 2 N–H and O–H groups in total. The van der Waals surface area contributed by atoms with Crippen molar-refractivity contribution in [3.63, 3.8) is 0 Å². The second kappa shape index (κ2) is 6.93. The van der Waals surface area contributed by atoms with Crippen molar-refractivity contribution in [2.45, 2.75) is 31.6 Å². The van der Waals surface area contributed by atoms with Crippen LogP contribution in [0, 0.1) is 0 Å². The summed E-state index contributed by atoms with van der Waals surface area (Å²) in [5, 5.41) is 14.4.